The van der Waals surface area contributed by atoms with Crippen LogP contribution in [0.15, 0.2) is 21.3 Å². The molecule has 0 atom stereocenters. The number of nitrogens with one attached hydrogen (secondary N) is 1. The molecule has 0 unspecified atom stereocenters. The highest BCUT2D eigenvalue weighted by Gasteiger charge is 2.24. The van der Waals surface area contributed by atoms with E-state index in [1.165, 1.54) is 4.90 Å². The maximum absolute atomic E-state index is 12.5. The molecular formula is C18H20N2O5. The second-order valence-electron chi connectivity index (χ2n) is 6.18. The number of carbonyl (C=O) groups excluding carboxylic acids is 2. The lowest BCUT2D eigenvalue weighted by Crippen LogP contribution is -2.50. The molecule has 1 fully saturated rings. The maximum Gasteiger partial charge on any atom is 0.340 e. The number of amides is 2. The van der Waals surface area contributed by atoms with Crippen molar-refractivity contribution in [2.24, 2.45) is 0 Å². The minimum absolute atomic E-state index is 0.0132. The summed E-state index contributed by atoms with van der Waals surface area (Å²) in [4.78, 5) is 37.8. The Morgan fingerprint density at radius 1 is 1.32 bits per heavy atom. The van der Waals surface area contributed by atoms with Gasteiger partial charge >= 0.3 is 5.63 Å². The molecule has 0 aliphatic carbocycles. The Morgan fingerprint density at radius 2 is 2.08 bits per heavy atom. The quantitative estimate of drug-likeness (QED) is 0.837. The first-order chi connectivity index (χ1) is 11.9. The lowest BCUT2D eigenvalue weighted by atomic mass is 10.0. The predicted octanol–water partition coefficient (Wildman–Crippen LogP) is 0.919. The minimum Gasteiger partial charge on any atom is -0.496 e. The lowest BCUT2D eigenvalue weighted by molar-refractivity contribution is -0.137. The van der Waals surface area contributed by atoms with Crippen LogP contribution in [0.2, 0.25) is 0 Å². The second-order valence-corrected chi connectivity index (χ2v) is 6.18. The molecule has 1 aliphatic heterocycles. The topological polar surface area (TPSA) is 88.8 Å². The van der Waals surface area contributed by atoms with Gasteiger partial charge in [-0.05, 0) is 37.1 Å². The van der Waals surface area contributed by atoms with Crippen molar-refractivity contribution in [3.63, 3.8) is 0 Å². The largest absolute Gasteiger partial charge is 0.496 e. The number of carbonyl (C=O) groups is 2. The third kappa shape index (κ3) is 3.22. The molecule has 2 aromatic rings. The summed E-state index contributed by atoms with van der Waals surface area (Å²) in [6, 6.07) is 3.63. The van der Waals surface area contributed by atoms with Gasteiger partial charge in [-0.25, -0.2) is 4.79 Å². The van der Waals surface area contributed by atoms with Crippen LogP contribution in [0.3, 0.4) is 0 Å². The fraction of sp³-hybridized carbons (Fsp3) is 0.389. The summed E-state index contributed by atoms with van der Waals surface area (Å²) in [6.45, 7) is 4.53. The van der Waals surface area contributed by atoms with Crippen molar-refractivity contribution < 1.29 is 18.7 Å². The van der Waals surface area contributed by atoms with Crippen LogP contribution in [0.1, 0.15) is 16.7 Å². The normalized spacial score (nSPS) is 14.5. The van der Waals surface area contributed by atoms with Crippen molar-refractivity contribution in [1.29, 1.82) is 0 Å². The van der Waals surface area contributed by atoms with Gasteiger partial charge in [0.25, 0.3) is 0 Å². The molecule has 0 spiro atoms. The molecule has 25 heavy (non-hydrogen) atoms. The molecule has 0 bridgehead atoms. The van der Waals surface area contributed by atoms with E-state index in [1.54, 1.807) is 20.1 Å². The highest BCUT2D eigenvalue weighted by molar-refractivity contribution is 5.91. The van der Waals surface area contributed by atoms with E-state index in [4.69, 9.17) is 9.15 Å². The minimum atomic E-state index is -0.535. The van der Waals surface area contributed by atoms with Crippen molar-refractivity contribution in [3.8, 4) is 5.75 Å². The number of ether oxygens (including phenoxy) is 1. The Morgan fingerprint density at radius 3 is 2.76 bits per heavy atom. The zero-order valence-electron chi connectivity index (χ0n) is 14.5. The van der Waals surface area contributed by atoms with E-state index in [-0.39, 0.29) is 24.8 Å². The van der Waals surface area contributed by atoms with Crippen molar-refractivity contribution in [2.75, 3.05) is 26.7 Å². The molecule has 1 saturated heterocycles. The number of methoxy groups -OCH3 is 1. The number of hydrogen-bond acceptors (Lipinski definition) is 5. The molecule has 7 nitrogen and oxygen atoms in total. The van der Waals surface area contributed by atoms with Gasteiger partial charge in [0, 0.05) is 13.1 Å². The van der Waals surface area contributed by atoms with Crippen molar-refractivity contribution in [1.82, 2.24) is 10.2 Å². The zero-order chi connectivity index (χ0) is 18.1. The molecule has 2 heterocycles. The Bertz CT molecular complexity index is 916. The summed E-state index contributed by atoms with van der Waals surface area (Å²) in [5.41, 5.74) is 1.78. The van der Waals surface area contributed by atoms with Crippen molar-refractivity contribution in [3.05, 3.63) is 39.2 Å². The first kappa shape index (κ1) is 17.0. The monoisotopic (exact) mass is 344 g/mol. The fourth-order valence-electron chi connectivity index (χ4n) is 3.12. The second kappa shape index (κ2) is 6.58. The molecular weight excluding hydrogens is 324 g/mol. The van der Waals surface area contributed by atoms with Crippen LogP contribution < -0.4 is 15.7 Å². The number of nitrogens with zero attached hydrogens (tertiary/aromatic N) is 1. The number of rotatable bonds is 3. The van der Waals surface area contributed by atoms with Crippen LogP contribution in [0.5, 0.6) is 5.75 Å². The van der Waals surface area contributed by atoms with Gasteiger partial charge in [0.05, 0.1) is 31.0 Å². The molecule has 7 heteroatoms. The number of hydrogen-bond donors (Lipinski definition) is 1. The third-order valence-corrected chi connectivity index (χ3v) is 4.43. The van der Waals surface area contributed by atoms with Gasteiger partial charge in [-0.1, -0.05) is 0 Å². The first-order valence-corrected chi connectivity index (χ1v) is 8.06. The van der Waals surface area contributed by atoms with E-state index in [9.17, 15) is 14.4 Å². The standard InChI is InChI=1S/C18H20N2O5/c1-10-6-13(24-3)17-11(2)12(18(23)25-14(17)7-10)8-16(22)20-5-4-19-15(21)9-20/h6-7H,4-5,8-9H2,1-3H3,(H,19,21). The number of piperazine rings is 1. The first-order valence-electron chi connectivity index (χ1n) is 8.06. The molecule has 1 aliphatic rings. The molecule has 1 N–H and O–H groups in total. The van der Waals surface area contributed by atoms with Crippen molar-refractivity contribution >= 4 is 22.8 Å². The Labute approximate surface area is 144 Å². The lowest BCUT2D eigenvalue weighted by Gasteiger charge is -2.26. The van der Waals surface area contributed by atoms with Gasteiger partial charge in [-0.15, -0.1) is 0 Å². The number of benzene rings is 1. The van der Waals surface area contributed by atoms with Gasteiger partial charge in [0.2, 0.25) is 11.8 Å². The van der Waals surface area contributed by atoms with Gasteiger partial charge in [-0.3, -0.25) is 9.59 Å². The zero-order valence-corrected chi connectivity index (χ0v) is 14.5. The molecule has 0 saturated carbocycles. The number of fused-ring (bicyclic) bond motifs is 1. The molecule has 1 aromatic carbocycles. The van der Waals surface area contributed by atoms with Gasteiger partial charge in [-0.2, -0.15) is 0 Å². The maximum atomic E-state index is 12.5. The van der Waals surface area contributed by atoms with E-state index in [2.05, 4.69) is 5.32 Å². The highest BCUT2D eigenvalue weighted by Crippen LogP contribution is 2.30. The SMILES string of the molecule is COc1cc(C)cc2oc(=O)c(CC(=O)N3CCNC(=O)C3)c(C)c12. The smallest absolute Gasteiger partial charge is 0.340 e. The van der Waals surface area contributed by atoms with Crippen LogP contribution in [0, 0.1) is 13.8 Å². The average Bonchev–Trinajstić information content (AvgIpc) is 2.57. The summed E-state index contributed by atoms with van der Waals surface area (Å²) >= 11 is 0. The summed E-state index contributed by atoms with van der Waals surface area (Å²) in [5, 5.41) is 3.36. The van der Waals surface area contributed by atoms with E-state index >= 15 is 0 Å². The van der Waals surface area contributed by atoms with Crippen LogP contribution >= 0.6 is 0 Å². The average molecular weight is 344 g/mol. The Balaban J connectivity index is 2.01. The molecule has 132 valence electrons. The summed E-state index contributed by atoms with van der Waals surface area (Å²) in [6.07, 6.45) is -0.103. The van der Waals surface area contributed by atoms with Crippen LogP contribution in [-0.4, -0.2) is 43.5 Å². The number of aryl methyl sites for hydroxylation is 2. The van der Waals surface area contributed by atoms with Gasteiger partial charge in [0.1, 0.15) is 11.3 Å². The summed E-state index contributed by atoms with van der Waals surface area (Å²) < 4.78 is 10.8. The highest BCUT2D eigenvalue weighted by atomic mass is 16.5. The van der Waals surface area contributed by atoms with Gasteiger partial charge < -0.3 is 19.4 Å². The van der Waals surface area contributed by atoms with E-state index in [0.29, 0.717) is 40.9 Å². The third-order valence-electron chi connectivity index (χ3n) is 4.43. The Hall–Kier alpha value is -2.83. The fourth-order valence-corrected chi connectivity index (χ4v) is 3.12. The molecule has 0 radical (unpaired) electrons. The van der Waals surface area contributed by atoms with Crippen LogP contribution in [0.25, 0.3) is 11.0 Å². The van der Waals surface area contributed by atoms with E-state index in [1.807, 2.05) is 13.0 Å². The molecule has 3 rings (SSSR count). The van der Waals surface area contributed by atoms with Crippen LogP contribution in [0.4, 0.5) is 0 Å². The van der Waals surface area contributed by atoms with Crippen molar-refractivity contribution in [2.45, 2.75) is 20.3 Å². The predicted molar refractivity (Wildman–Crippen MR) is 91.8 cm³/mol. The molecule has 1 aromatic heterocycles. The summed E-state index contributed by atoms with van der Waals surface area (Å²) in [7, 11) is 1.55. The van der Waals surface area contributed by atoms with Gasteiger partial charge in [0.15, 0.2) is 0 Å². The van der Waals surface area contributed by atoms with E-state index in [0.717, 1.165) is 5.56 Å². The molecule has 2 amide bonds. The Kier molecular flexibility index (Phi) is 4.48. The van der Waals surface area contributed by atoms with Crippen LogP contribution in [-0.2, 0) is 16.0 Å². The van der Waals surface area contributed by atoms with E-state index < -0.39 is 5.63 Å². The summed E-state index contributed by atoms with van der Waals surface area (Å²) in [5.74, 6) is 0.136.